The lowest BCUT2D eigenvalue weighted by Crippen LogP contribution is -2.05. The summed E-state index contributed by atoms with van der Waals surface area (Å²) in [6.45, 7) is 3.60. The van der Waals surface area contributed by atoms with Gasteiger partial charge in [0, 0.05) is 64.3 Å². The van der Waals surface area contributed by atoms with Crippen LogP contribution >= 0.6 is 45.8 Å². The van der Waals surface area contributed by atoms with E-state index in [2.05, 4.69) is 66.0 Å². The molecule has 0 saturated carbocycles. The van der Waals surface area contributed by atoms with Crippen molar-refractivity contribution in [1.82, 2.24) is 19.1 Å². The highest BCUT2D eigenvalue weighted by molar-refractivity contribution is 14.1. The van der Waals surface area contributed by atoms with E-state index in [1.165, 1.54) is 53.3 Å². The molecular weight excluding hydrogens is 1250 g/mol. The van der Waals surface area contributed by atoms with Gasteiger partial charge in [-0.1, -0.05) is 45.8 Å². The fraction of sp³-hybridized carbons (Fsp3) is 0.267. The molecule has 8 rings (SSSR count). The van der Waals surface area contributed by atoms with Crippen LogP contribution in [-0.4, -0.2) is 87.8 Å². The average Bonchev–Trinajstić information content (AvgIpc) is 3.35. The maximum atomic E-state index is 10.8. The number of aromatic nitrogens is 4. The monoisotopic (exact) mass is 1320 g/mol. The second-order valence-corrected chi connectivity index (χ2v) is 19.9. The molecule has 0 aliphatic heterocycles. The summed E-state index contributed by atoms with van der Waals surface area (Å²) in [6, 6.07) is 39.6. The van der Waals surface area contributed by atoms with Crippen LogP contribution in [0.25, 0.3) is 22.1 Å². The Morgan fingerprint density at radius 3 is 1.42 bits per heavy atom. The molecule has 26 heteroatoms. The zero-order valence-electron chi connectivity index (χ0n) is 46.6. The van der Waals surface area contributed by atoms with Crippen LogP contribution in [0.15, 0.2) is 122 Å². The van der Waals surface area contributed by atoms with E-state index in [9.17, 15) is 20.2 Å². The zero-order valence-corrected chi connectivity index (χ0v) is 50.3. The first-order chi connectivity index (χ1) is 41.5. The van der Waals surface area contributed by atoms with Crippen LogP contribution < -0.4 is 22.1 Å². The van der Waals surface area contributed by atoms with Gasteiger partial charge in [-0.15, -0.1) is 0 Å². The number of aliphatic hydroxyl groups excluding tert-OH is 3. The van der Waals surface area contributed by atoms with Crippen LogP contribution in [0.5, 0.6) is 0 Å². The SMILES string of the molecule is N#Cc1ccc(N)c(Cl)c1.N#Cc1ccc(N)c(NCCCCO)c1.N#Cc1ccc([N+](=O)[O-])c(NCCCCO)c1.N#Cc1ccc2ncn(CCCCI)c2c1.N#Cc1ccc2ncn(CCCCO)c2c1.N=Cc1ccc([N+](=O)[O-])c(Cl)c1. The quantitative estimate of drug-likeness (QED) is 0.00630. The van der Waals surface area contributed by atoms with Crippen LogP contribution in [0.4, 0.5) is 34.1 Å². The van der Waals surface area contributed by atoms with Gasteiger partial charge in [0.2, 0.25) is 0 Å². The molecule has 10 N–H and O–H groups in total. The predicted octanol–water partition coefficient (Wildman–Crippen LogP) is 11.8. The van der Waals surface area contributed by atoms with Crippen molar-refractivity contribution in [2.24, 2.45) is 0 Å². The number of nitrogens with one attached hydrogen (secondary N) is 3. The molecule has 0 fully saturated rings. The lowest BCUT2D eigenvalue weighted by molar-refractivity contribution is -0.384. The summed E-state index contributed by atoms with van der Waals surface area (Å²) >= 11 is 13.6. The van der Waals surface area contributed by atoms with E-state index in [1.54, 1.807) is 42.7 Å². The van der Waals surface area contributed by atoms with Gasteiger partial charge in [-0.2, -0.15) is 26.3 Å². The Morgan fingerprint density at radius 2 is 0.965 bits per heavy atom. The first-order valence-corrected chi connectivity index (χ1v) is 28.8. The van der Waals surface area contributed by atoms with Crippen LogP contribution in [0, 0.1) is 82.3 Å². The topological polar surface area (TPSA) is 402 Å². The van der Waals surface area contributed by atoms with Gasteiger partial charge in [0.1, 0.15) is 10.7 Å². The number of nitrogen functional groups attached to an aromatic ring is 2. The van der Waals surface area contributed by atoms with E-state index in [0.717, 1.165) is 85.7 Å². The minimum absolute atomic E-state index is 0.0481. The number of hydrogen-bond donors (Lipinski definition) is 8. The smallest absolute Gasteiger partial charge is 0.292 e. The average molecular weight is 1320 g/mol. The summed E-state index contributed by atoms with van der Waals surface area (Å²) in [4.78, 5) is 28.6. The molecular formula is C60H63Cl2IN16O7. The van der Waals surface area contributed by atoms with E-state index in [0.29, 0.717) is 74.9 Å². The van der Waals surface area contributed by atoms with Crippen LogP contribution in [0.1, 0.15) is 84.7 Å². The largest absolute Gasteiger partial charge is 0.398 e. The number of imidazole rings is 2. The van der Waals surface area contributed by atoms with Gasteiger partial charge in [0.25, 0.3) is 11.4 Å². The Labute approximate surface area is 520 Å². The highest BCUT2D eigenvalue weighted by Gasteiger charge is 2.14. The Kier molecular flexibility index (Phi) is 32.9. The van der Waals surface area contributed by atoms with E-state index in [4.69, 9.17) is 81.7 Å². The van der Waals surface area contributed by atoms with Crippen LogP contribution in [0.3, 0.4) is 0 Å². The number of alkyl halides is 1. The third kappa shape index (κ3) is 24.4. The number of rotatable bonds is 21. The predicted molar refractivity (Wildman–Crippen MR) is 343 cm³/mol. The number of nitro groups is 2. The third-order valence-corrected chi connectivity index (χ3v) is 13.3. The summed E-state index contributed by atoms with van der Waals surface area (Å²) in [6.07, 6.45) is 11.8. The van der Waals surface area contributed by atoms with E-state index < -0.39 is 9.85 Å². The Balaban J connectivity index is 0.000000272. The van der Waals surface area contributed by atoms with Gasteiger partial charge in [0.05, 0.1) is 125 Å². The molecule has 0 bridgehead atoms. The molecule has 0 radical (unpaired) electrons. The number of benzene rings is 6. The number of nitro benzene ring substituents is 2. The number of halogens is 3. The number of aryl methyl sites for hydroxylation is 2. The number of nitriles is 5. The molecule has 2 heterocycles. The summed E-state index contributed by atoms with van der Waals surface area (Å²) in [5.41, 5.74) is 20.5. The first-order valence-electron chi connectivity index (χ1n) is 26.5. The van der Waals surface area contributed by atoms with Gasteiger partial charge in [0.15, 0.2) is 0 Å². The second-order valence-electron chi connectivity index (χ2n) is 18.0. The Morgan fingerprint density at radius 1 is 0.547 bits per heavy atom. The second kappa shape index (κ2) is 39.9. The standard InChI is InChI=1S/C12H12IN3.C12H13N3O.C11H13N3O3.C11H15N3O.C7H5ClN2O2.C7H5ClN2/c13-5-1-2-6-16-9-15-11-4-3-10(8-14)7-12(11)16;13-8-10-3-4-11-12(7-10)15(9-14-11)5-1-2-6-16;12-8-9-3-4-11(14(16)17)10(7-9)13-5-1-2-6-15;12-8-9-3-4-10(13)11(7-9)14-5-1-2-6-15;8-6-3-5(4-9)1-2-7(6)10(11)12;8-6-3-5(4-9)1-2-7(6)10/h3-4,7,9H,1-2,5-6H2;3-4,7,9,16H,1-2,5-6H2;3-4,7,13,15H,1-2,5-6H2;3-4,7,14-15H,1-2,5-6,13H2;1-4,9H;1-3H,10H2. The molecule has 0 spiro atoms. The van der Waals surface area contributed by atoms with Crippen molar-refractivity contribution in [3.63, 3.8) is 0 Å². The lowest BCUT2D eigenvalue weighted by Gasteiger charge is -2.08. The Bertz CT molecular complexity index is 3620. The Hall–Kier alpha value is -9.43. The molecule has 6 aromatic carbocycles. The molecule has 86 heavy (non-hydrogen) atoms. The molecule has 446 valence electrons. The third-order valence-electron chi connectivity index (χ3n) is 11.9. The van der Waals surface area contributed by atoms with Gasteiger partial charge in [-0.05, 0) is 158 Å². The van der Waals surface area contributed by atoms with Crippen molar-refractivity contribution in [3.8, 4) is 30.3 Å². The van der Waals surface area contributed by atoms with Crippen LogP contribution in [0.2, 0.25) is 10.0 Å². The summed E-state index contributed by atoms with van der Waals surface area (Å²) in [7, 11) is 0. The molecule has 0 aliphatic rings. The number of unbranched alkanes of at least 4 members (excludes halogenated alkanes) is 4. The molecule has 0 aliphatic carbocycles. The molecule has 0 saturated heterocycles. The normalized spacial score (nSPS) is 9.83. The summed E-state index contributed by atoms with van der Waals surface area (Å²) in [5, 5.41) is 104. The lowest BCUT2D eigenvalue weighted by atomic mass is 10.2. The number of hydrogen-bond acceptors (Lipinski definition) is 19. The van der Waals surface area contributed by atoms with Crippen molar-refractivity contribution in [1.29, 1.82) is 31.7 Å². The summed E-state index contributed by atoms with van der Waals surface area (Å²) < 4.78 is 5.34. The van der Waals surface area contributed by atoms with E-state index in [-0.39, 0.29) is 36.2 Å². The number of anilines is 4. The maximum Gasteiger partial charge on any atom is 0.292 e. The van der Waals surface area contributed by atoms with Crippen molar-refractivity contribution >= 4 is 108 Å². The first kappa shape index (κ1) is 70.8. The van der Waals surface area contributed by atoms with Crippen molar-refractivity contribution < 1.29 is 25.2 Å². The molecule has 8 aromatic rings. The summed E-state index contributed by atoms with van der Waals surface area (Å²) in [5.74, 6) is 0. The molecule has 0 atom stereocenters. The fourth-order valence-corrected chi connectivity index (χ4v) is 8.32. The van der Waals surface area contributed by atoms with Gasteiger partial charge in [-0.3, -0.25) is 20.2 Å². The van der Waals surface area contributed by atoms with Gasteiger partial charge < -0.3 is 52.0 Å². The number of nitrogens with zero attached hydrogens (tertiary/aromatic N) is 11. The molecule has 2 aromatic heterocycles. The van der Waals surface area contributed by atoms with E-state index in [1.807, 2.05) is 53.4 Å². The van der Waals surface area contributed by atoms with Crippen molar-refractivity contribution in [3.05, 3.63) is 186 Å². The van der Waals surface area contributed by atoms with Crippen LogP contribution in [-0.2, 0) is 13.1 Å². The zero-order chi connectivity index (χ0) is 63.2. The minimum atomic E-state index is -0.559. The van der Waals surface area contributed by atoms with E-state index >= 15 is 0 Å². The van der Waals surface area contributed by atoms with Crippen molar-refractivity contribution in [2.45, 2.75) is 64.5 Å². The highest BCUT2D eigenvalue weighted by atomic mass is 127. The molecule has 0 unspecified atom stereocenters. The molecule has 0 amide bonds. The van der Waals surface area contributed by atoms with Gasteiger partial charge in [-0.25, -0.2) is 9.97 Å². The number of nitrogens with two attached hydrogens (primary N) is 2. The number of fused-ring (bicyclic) bond motifs is 2. The minimum Gasteiger partial charge on any atom is -0.398 e. The number of aliphatic hydroxyl groups is 3. The maximum absolute atomic E-state index is 10.8. The van der Waals surface area contributed by atoms with Gasteiger partial charge >= 0.3 is 0 Å². The van der Waals surface area contributed by atoms with Crippen molar-refractivity contribution in [2.75, 3.05) is 59.4 Å². The highest BCUT2D eigenvalue weighted by Crippen LogP contribution is 2.27. The molecule has 23 nitrogen and oxygen atoms in total. The fourth-order valence-electron chi connectivity index (χ4n) is 7.34.